The summed E-state index contributed by atoms with van der Waals surface area (Å²) in [5.41, 5.74) is 4.15. The highest BCUT2D eigenvalue weighted by molar-refractivity contribution is 5.99. The number of aryl methyl sites for hydroxylation is 2. The van der Waals surface area contributed by atoms with E-state index in [1.807, 2.05) is 63.2 Å². The summed E-state index contributed by atoms with van der Waals surface area (Å²) in [5, 5.41) is 3.86. The van der Waals surface area contributed by atoms with Crippen LogP contribution in [0.4, 0.5) is 0 Å². The average Bonchev–Trinajstić information content (AvgIpc) is 3.17. The van der Waals surface area contributed by atoms with Gasteiger partial charge in [-0.15, -0.1) is 0 Å². The molecule has 0 saturated heterocycles. The number of carbonyl (C=O) groups excluding carboxylic acids is 1. The van der Waals surface area contributed by atoms with Crippen LogP contribution in [-0.2, 0) is 0 Å². The van der Waals surface area contributed by atoms with E-state index in [9.17, 15) is 4.79 Å². The number of fused-ring (bicyclic) bond motifs is 2. The highest BCUT2D eigenvalue weighted by Crippen LogP contribution is 2.27. The van der Waals surface area contributed by atoms with E-state index < -0.39 is 0 Å². The maximum absolute atomic E-state index is 12.6. The molecule has 126 valence electrons. The molecule has 2 aromatic heterocycles. The molecule has 1 N–H and O–H groups in total. The van der Waals surface area contributed by atoms with E-state index >= 15 is 0 Å². The Morgan fingerprint density at radius 3 is 2.68 bits per heavy atom. The number of amides is 1. The van der Waals surface area contributed by atoms with Crippen molar-refractivity contribution < 1.29 is 13.6 Å². The fourth-order valence-corrected chi connectivity index (χ4v) is 2.95. The number of nitrogens with zero attached hydrogens (tertiary/aromatic N) is 1. The molecule has 2 aromatic carbocycles. The first-order chi connectivity index (χ1) is 12.0. The van der Waals surface area contributed by atoms with Crippen LogP contribution in [0.2, 0.25) is 0 Å². The molecule has 0 bridgehead atoms. The number of furan rings is 1. The van der Waals surface area contributed by atoms with Crippen LogP contribution < -0.4 is 5.32 Å². The Kier molecular flexibility index (Phi) is 3.57. The number of aromatic nitrogens is 1. The number of nitrogens with one attached hydrogen (secondary N) is 1. The van der Waals surface area contributed by atoms with Crippen LogP contribution >= 0.6 is 0 Å². The van der Waals surface area contributed by atoms with Crippen LogP contribution in [0.25, 0.3) is 22.1 Å². The number of hydrogen-bond acceptors (Lipinski definition) is 4. The summed E-state index contributed by atoms with van der Waals surface area (Å²) in [4.78, 5) is 17.1. The first-order valence-electron chi connectivity index (χ1n) is 8.19. The molecule has 0 fully saturated rings. The van der Waals surface area contributed by atoms with E-state index in [0.717, 1.165) is 22.0 Å². The number of rotatable bonds is 3. The Bertz CT molecular complexity index is 1060. The fraction of sp³-hybridized carbons (Fsp3) is 0.200. The standard InChI is InChI=1S/C20H18N2O3/c1-11-8-9-16-14(10-11)12(2)18(24-16)19(23)21-13(3)20-22-15-6-4-5-7-17(15)25-20/h4-10,13H,1-3H3,(H,21,23). The predicted octanol–water partition coefficient (Wildman–Crippen LogP) is 4.68. The Hall–Kier alpha value is -3.08. The van der Waals surface area contributed by atoms with E-state index in [1.165, 1.54) is 0 Å². The Balaban J connectivity index is 1.62. The van der Waals surface area contributed by atoms with E-state index in [4.69, 9.17) is 8.83 Å². The highest BCUT2D eigenvalue weighted by Gasteiger charge is 2.22. The van der Waals surface area contributed by atoms with Gasteiger partial charge in [0.05, 0.1) is 0 Å². The van der Waals surface area contributed by atoms with Crippen LogP contribution in [0.15, 0.2) is 51.3 Å². The van der Waals surface area contributed by atoms with Crippen molar-refractivity contribution >= 4 is 28.0 Å². The van der Waals surface area contributed by atoms with Crippen LogP contribution in [0.5, 0.6) is 0 Å². The third-order valence-electron chi connectivity index (χ3n) is 4.33. The molecule has 0 radical (unpaired) electrons. The van der Waals surface area contributed by atoms with E-state index in [1.54, 1.807) is 0 Å². The molecule has 5 nitrogen and oxygen atoms in total. The van der Waals surface area contributed by atoms with Crippen LogP contribution in [0.1, 0.15) is 40.5 Å². The summed E-state index contributed by atoms with van der Waals surface area (Å²) in [6.45, 7) is 5.75. The van der Waals surface area contributed by atoms with Gasteiger partial charge in [0, 0.05) is 10.9 Å². The smallest absolute Gasteiger partial charge is 0.287 e. The molecule has 0 aliphatic heterocycles. The topological polar surface area (TPSA) is 68.3 Å². The average molecular weight is 334 g/mol. The number of benzene rings is 2. The first-order valence-corrected chi connectivity index (χ1v) is 8.19. The van der Waals surface area contributed by atoms with Crippen molar-refractivity contribution in [2.24, 2.45) is 0 Å². The quantitative estimate of drug-likeness (QED) is 0.590. The van der Waals surface area contributed by atoms with Gasteiger partial charge in [0.2, 0.25) is 5.89 Å². The second kappa shape index (κ2) is 5.77. The van der Waals surface area contributed by atoms with Crippen molar-refractivity contribution in [1.29, 1.82) is 0 Å². The molecular weight excluding hydrogens is 316 g/mol. The minimum absolute atomic E-state index is 0.277. The Morgan fingerprint density at radius 2 is 1.88 bits per heavy atom. The van der Waals surface area contributed by atoms with Gasteiger partial charge in [-0.2, -0.15) is 0 Å². The van der Waals surface area contributed by atoms with Crippen molar-refractivity contribution in [2.45, 2.75) is 26.8 Å². The fourth-order valence-electron chi connectivity index (χ4n) is 2.95. The second-order valence-electron chi connectivity index (χ2n) is 6.27. The molecule has 1 amide bonds. The summed E-state index contributed by atoms with van der Waals surface area (Å²) in [6, 6.07) is 13.0. The molecular formula is C20H18N2O3. The molecule has 0 aliphatic rings. The zero-order chi connectivity index (χ0) is 17.6. The molecule has 25 heavy (non-hydrogen) atoms. The predicted molar refractivity (Wildman–Crippen MR) is 95.6 cm³/mol. The minimum atomic E-state index is -0.366. The molecule has 1 atom stereocenters. The van der Waals surface area contributed by atoms with Crippen LogP contribution in [0.3, 0.4) is 0 Å². The Labute approximate surface area is 144 Å². The Morgan fingerprint density at radius 1 is 1.08 bits per heavy atom. The maximum atomic E-state index is 12.6. The molecule has 4 aromatic rings. The number of hydrogen-bond donors (Lipinski definition) is 1. The molecule has 5 heteroatoms. The largest absolute Gasteiger partial charge is 0.451 e. The SMILES string of the molecule is Cc1ccc2oc(C(=O)NC(C)c3nc4ccccc4o3)c(C)c2c1. The van der Waals surface area contributed by atoms with Crippen molar-refractivity contribution in [3.63, 3.8) is 0 Å². The number of para-hydroxylation sites is 2. The van der Waals surface area contributed by atoms with Gasteiger partial charge in [-0.25, -0.2) is 4.98 Å². The summed E-state index contributed by atoms with van der Waals surface area (Å²) in [5.74, 6) is 0.517. The second-order valence-corrected chi connectivity index (χ2v) is 6.27. The van der Waals surface area contributed by atoms with Crippen LogP contribution in [0, 0.1) is 13.8 Å². The lowest BCUT2D eigenvalue weighted by atomic mass is 10.1. The van der Waals surface area contributed by atoms with Gasteiger partial charge in [-0.3, -0.25) is 4.79 Å². The number of carbonyl (C=O) groups is 1. The summed E-state index contributed by atoms with van der Waals surface area (Å²) in [6.07, 6.45) is 0. The van der Waals surface area contributed by atoms with Crippen molar-refractivity contribution in [2.75, 3.05) is 0 Å². The first kappa shape index (κ1) is 15.4. The van der Waals surface area contributed by atoms with Gasteiger partial charge in [-0.05, 0) is 45.0 Å². The summed E-state index contributed by atoms with van der Waals surface area (Å²) in [7, 11) is 0. The van der Waals surface area contributed by atoms with Gasteiger partial charge in [0.15, 0.2) is 11.3 Å². The molecule has 2 heterocycles. The highest BCUT2D eigenvalue weighted by atomic mass is 16.4. The van der Waals surface area contributed by atoms with E-state index in [-0.39, 0.29) is 11.9 Å². The van der Waals surface area contributed by atoms with Gasteiger partial charge >= 0.3 is 0 Å². The lowest BCUT2D eigenvalue weighted by Crippen LogP contribution is -2.27. The van der Waals surface area contributed by atoms with Gasteiger partial charge in [-0.1, -0.05) is 23.8 Å². The van der Waals surface area contributed by atoms with E-state index in [0.29, 0.717) is 22.8 Å². The zero-order valence-electron chi connectivity index (χ0n) is 14.3. The summed E-state index contributed by atoms with van der Waals surface area (Å²) >= 11 is 0. The van der Waals surface area contributed by atoms with Gasteiger partial charge in [0.1, 0.15) is 17.1 Å². The summed E-state index contributed by atoms with van der Waals surface area (Å²) < 4.78 is 11.5. The molecule has 4 rings (SSSR count). The lowest BCUT2D eigenvalue weighted by molar-refractivity contribution is 0.0908. The third kappa shape index (κ3) is 2.67. The van der Waals surface area contributed by atoms with Crippen molar-refractivity contribution in [1.82, 2.24) is 10.3 Å². The van der Waals surface area contributed by atoms with Crippen molar-refractivity contribution in [3.05, 3.63) is 65.2 Å². The van der Waals surface area contributed by atoms with E-state index in [2.05, 4.69) is 10.3 Å². The third-order valence-corrected chi connectivity index (χ3v) is 4.33. The zero-order valence-corrected chi connectivity index (χ0v) is 14.3. The molecule has 0 spiro atoms. The number of oxazole rings is 1. The lowest BCUT2D eigenvalue weighted by Gasteiger charge is -2.09. The van der Waals surface area contributed by atoms with Crippen LogP contribution in [-0.4, -0.2) is 10.9 Å². The molecule has 1 unspecified atom stereocenters. The normalized spacial score (nSPS) is 12.6. The molecule has 0 saturated carbocycles. The maximum Gasteiger partial charge on any atom is 0.287 e. The van der Waals surface area contributed by atoms with Gasteiger partial charge in [0.25, 0.3) is 5.91 Å². The molecule has 0 aliphatic carbocycles. The van der Waals surface area contributed by atoms with Gasteiger partial charge < -0.3 is 14.2 Å². The minimum Gasteiger partial charge on any atom is -0.451 e. The van der Waals surface area contributed by atoms with Crippen molar-refractivity contribution in [3.8, 4) is 0 Å². The monoisotopic (exact) mass is 334 g/mol.